The van der Waals surface area contributed by atoms with Crippen molar-refractivity contribution in [1.29, 1.82) is 0 Å². The van der Waals surface area contributed by atoms with Crippen LogP contribution in [0.3, 0.4) is 0 Å². The maximum atomic E-state index is 5.35. The maximum Gasteiger partial charge on any atom is 0.235 e. The van der Waals surface area contributed by atoms with Gasteiger partial charge in [-0.1, -0.05) is 159 Å². The topological polar surface area (TPSA) is 30.7 Å². The highest BCUT2D eigenvalue weighted by atomic mass is 15.2. The fraction of sp³-hybridized carbons (Fsp3) is 0.0612. The smallest absolute Gasteiger partial charge is 0.235 e. The maximum absolute atomic E-state index is 5.35. The molecule has 0 saturated carbocycles. The molecule has 0 atom stereocenters. The monoisotopic (exact) mass is 665 g/mol. The van der Waals surface area contributed by atoms with Crippen molar-refractivity contribution >= 4 is 21.8 Å². The average Bonchev–Trinajstić information content (AvgIpc) is 3.65. The number of hydrogen-bond acceptors (Lipinski definition) is 2. The predicted octanol–water partition coefficient (Wildman–Crippen LogP) is 12.5. The van der Waals surface area contributed by atoms with Gasteiger partial charge in [0.2, 0.25) is 5.95 Å². The van der Waals surface area contributed by atoms with Gasteiger partial charge in [-0.15, -0.1) is 0 Å². The zero-order valence-corrected chi connectivity index (χ0v) is 29.1. The van der Waals surface area contributed by atoms with Crippen LogP contribution in [-0.4, -0.2) is 14.5 Å². The van der Waals surface area contributed by atoms with Crippen LogP contribution in [0.2, 0.25) is 0 Å². The van der Waals surface area contributed by atoms with Crippen molar-refractivity contribution in [1.82, 2.24) is 14.5 Å². The van der Waals surface area contributed by atoms with E-state index in [0.29, 0.717) is 5.95 Å². The van der Waals surface area contributed by atoms with Crippen LogP contribution in [0.4, 0.5) is 0 Å². The van der Waals surface area contributed by atoms with E-state index in [1.165, 1.54) is 55.3 Å². The molecule has 1 aliphatic rings. The van der Waals surface area contributed by atoms with Crippen molar-refractivity contribution in [3.63, 3.8) is 0 Å². The highest BCUT2D eigenvalue weighted by Crippen LogP contribution is 2.51. The van der Waals surface area contributed by atoms with Gasteiger partial charge in [0.15, 0.2) is 0 Å². The Hall–Kier alpha value is -6.58. The molecule has 7 aromatic carbocycles. The molecule has 3 nitrogen and oxygen atoms in total. The first-order chi connectivity index (χ1) is 25.5. The van der Waals surface area contributed by atoms with Crippen molar-refractivity contribution in [3.05, 3.63) is 187 Å². The third kappa shape index (κ3) is 4.81. The molecule has 9 aromatic rings. The fourth-order valence-electron chi connectivity index (χ4n) is 8.16. The van der Waals surface area contributed by atoms with Crippen molar-refractivity contribution in [2.24, 2.45) is 0 Å². The molecule has 0 fully saturated rings. The van der Waals surface area contributed by atoms with Gasteiger partial charge in [-0.3, -0.25) is 4.57 Å². The van der Waals surface area contributed by atoms with Crippen molar-refractivity contribution in [2.45, 2.75) is 19.3 Å². The molecule has 0 unspecified atom stereocenters. The summed E-state index contributed by atoms with van der Waals surface area (Å²) in [6.45, 7) is 4.67. The Labute approximate surface area is 303 Å². The molecule has 1 aliphatic carbocycles. The van der Waals surface area contributed by atoms with Gasteiger partial charge in [0.25, 0.3) is 0 Å². The van der Waals surface area contributed by atoms with Gasteiger partial charge < -0.3 is 0 Å². The molecule has 0 radical (unpaired) electrons. The Balaban J connectivity index is 1.15. The zero-order valence-electron chi connectivity index (χ0n) is 29.1. The molecule has 0 bridgehead atoms. The van der Waals surface area contributed by atoms with Crippen molar-refractivity contribution < 1.29 is 0 Å². The lowest BCUT2D eigenvalue weighted by molar-refractivity contribution is 0.661. The van der Waals surface area contributed by atoms with Gasteiger partial charge in [-0.25, -0.2) is 9.97 Å². The van der Waals surface area contributed by atoms with E-state index >= 15 is 0 Å². The van der Waals surface area contributed by atoms with Crippen molar-refractivity contribution in [2.75, 3.05) is 0 Å². The zero-order chi connectivity index (χ0) is 34.8. The van der Waals surface area contributed by atoms with Gasteiger partial charge >= 0.3 is 0 Å². The molecule has 0 amide bonds. The highest BCUT2D eigenvalue weighted by molar-refractivity contribution is 6.11. The third-order valence-corrected chi connectivity index (χ3v) is 10.8. The Bertz CT molecular complexity index is 2790. The number of rotatable bonds is 5. The summed E-state index contributed by atoms with van der Waals surface area (Å²) in [6.07, 6.45) is 0. The molecule has 0 aliphatic heterocycles. The van der Waals surface area contributed by atoms with Crippen molar-refractivity contribution in [3.8, 4) is 61.8 Å². The summed E-state index contributed by atoms with van der Waals surface area (Å²) in [7, 11) is 0. The third-order valence-electron chi connectivity index (χ3n) is 10.8. The first-order valence-corrected chi connectivity index (χ1v) is 17.9. The van der Waals surface area contributed by atoms with E-state index in [2.05, 4.69) is 188 Å². The Morgan fingerprint density at radius 2 is 0.942 bits per heavy atom. The first kappa shape index (κ1) is 30.3. The van der Waals surface area contributed by atoms with E-state index in [1.807, 2.05) is 6.07 Å². The van der Waals surface area contributed by atoms with E-state index in [-0.39, 0.29) is 5.41 Å². The second-order valence-electron chi connectivity index (χ2n) is 14.3. The number of para-hydroxylation sites is 1. The lowest BCUT2D eigenvalue weighted by Crippen LogP contribution is -2.15. The second-order valence-corrected chi connectivity index (χ2v) is 14.3. The van der Waals surface area contributed by atoms with Crippen LogP contribution in [0.5, 0.6) is 0 Å². The van der Waals surface area contributed by atoms with Crippen LogP contribution in [0.25, 0.3) is 83.6 Å². The fourth-order valence-corrected chi connectivity index (χ4v) is 8.16. The van der Waals surface area contributed by atoms with E-state index in [9.17, 15) is 0 Å². The minimum atomic E-state index is -0.123. The lowest BCUT2D eigenvalue weighted by atomic mass is 9.82. The van der Waals surface area contributed by atoms with E-state index in [4.69, 9.17) is 9.97 Å². The first-order valence-electron chi connectivity index (χ1n) is 17.9. The summed E-state index contributed by atoms with van der Waals surface area (Å²) < 4.78 is 2.27. The van der Waals surface area contributed by atoms with Gasteiger partial charge in [0, 0.05) is 27.3 Å². The molecule has 2 aromatic heterocycles. The lowest BCUT2D eigenvalue weighted by Gasteiger charge is -2.21. The van der Waals surface area contributed by atoms with Gasteiger partial charge in [-0.2, -0.15) is 0 Å². The van der Waals surface area contributed by atoms with Crippen LogP contribution in [-0.2, 0) is 5.41 Å². The molecule has 3 heteroatoms. The highest BCUT2D eigenvalue weighted by Gasteiger charge is 2.36. The van der Waals surface area contributed by atoms with Crippen LogP contribution >= 0.6 is 0 Å². The Morgan fingerprint density at radius 3 is 1.67 bits per heavy atom. The van der Waals surface area contributed by atoms with Crippen LogP contribution < -0.4 is 0 Å². The number of aromatic nitrogens is 3. The molecule has 246 valence electrons. The predicted molar refractivity (Wildman–Crippen MR) is 216 cm³/mol. The number of nitrogens with zero attached hydrogens (tertiary/aromatic N) is 3. The summed E-state index contributed by atoms with van der Waals surface area (Å²) in [5.41, 5.74) is 16.1. The summed E-state index contributed by atoms with van der Waals surface area (Å²) in [6, 6.07) is 62.9. The number of benzene rings is 7. The van der Waals surface area contributed by atoms with Gasteiger partial charge in [-0.05, 0) is 74.8 Å². The van der Waals surface area contributed by atoms with Crippen LogP contribution in [0, 0.1) is 0 Å². The standard InChI is InChI=1S/C49H35N3/c1-49(2)42-22-11-9-20-38(42)40-29-41-39-21-10-12-23-46(39)52(47(41)30-43(40)49)48-50-44(34-16-7-4-8-17-34)31-45(51-48)35-26-24-33(25-27-35)37-19-13-18-36(28-37)32-14-5-3-6-15-32/h3-31H,1-2H3. The van der Waals surface area contributed by atoms with Gasteiger partial charge in [0.1, 0.15) is 0 Å². The van der Waals surface area contributed by atoms with Crippen LogP contribution in [0.1, 0.15) is 25.0 Å². The minimum Gasteiger partial charge on any atom is -0.278 e. The summed E-state index contributed by atoms with van der Waals surface area (Å²) in [5, 5.41) is 2.40. The SMILES string of the molecule is CC1(C)c2ccccc2-c2cc3c4ccccc4n(-c4nc(-c5ccccc5)cc(-c5ccc(-c6cccc(-c7ccccc7)c6)cc5)n4)c3cc21. The second kappa shape index (κ2) is 11.8. The molecule has 0 N–H and O–H groups in total. The largest absolute Gasteiger partial charge is 0.278 e. The molecular weight excluding hydrogens is 631 g/mol. The van der Waals surface area contributed by atoms with E-state index in [1.54, 1.807) is 0 Å². The normalized spacial score (nSPS) is 13.0. The summed E-state index contributed by atoms with van der Waals surface area (Å²) >= 11 is 0. The molecule has 10 rings (SSSR count). The molecule has 52 heavy (non-hydrogen) atoms. The average molecular weight is 666 g/mol. The van der Waals surface area contributed by atoms with E-state index in [0.717, 1.165) is 33.5 Å². The molecule has 0 saturated heterocycles. The minimum absolute atomic E-state index is 0.123. The summed E-state index contributed by atoms with van der Waals surface area (Å²) in [4.78, 5) is 10.6. The van der Waals surface area contributed by atoms with E-state index < -0.39 is 0 Å². The summed E-state index contributed by atoms with van der Waals surface area (Å²) in [5.74, 6) is 0.662. The quantitative estimate of drug-likeness (QED) is 0.183. The Kier molecular flexibility index (Phi) is 6.84. The molecular formula is C49H35N3. The van der Waals surface area contributed by atoms with Gasteiger partial charge in [0.05, 0.1) is 22.4 Å². The molecule has 0 spiro atoms. The number of hydrogen-bond donors (Lipinski definition) is 0. The Morgan fingerprint density at radius 1 is 0.385 bits per heavy atom. The number of fused-ring (bicyclic) bond motifs is 6. The van der Waals surface area contributed by atoms with Crippen LogP contribution in [0.15, 0.2) is 176 Å². The molecule has 2 heterocycles.